The molecule has 2 rings (SSSR count). The zero-order chi connectivity index (χ0) is 16.8. The topological polar surface area (TPSA) is 96.1 Å². The molecule has 5 nitrogen and oxygen atoms in total. The normalized spacial score (nSPS) is 11.2. The van der Waals surface area contributed by atoms with Crippen molar-refractivity contribution >= 4 is 10.9 Å². The number of pyridine rings is 1. The molecule has 1 aromatic carbocycles. The minimum atomic E-state index is -4.94. The molecule has 0 saturated heterocycles. The van der Waals surface area contributed by atoms with E-state index in [4.69, 9.17) is 18.6 Å². The van der Waals surface area contributed by atoms with Crippen LogP contribution in [0.2, 0.25) is 0 Å². The van der Waals surface area contributed by atoms with E-state index < -0.39 is 10.2 Å². The third-order valence-corrected chi connectivity index (χ3v) is 3.44. The fourth-order valence-electron chi connectivity index (χ4n) is 2.64. The fourth-order valence-corrected chi connectivity index (χ4v) is 2.64. The maximum absolute atomic E-state index is 8.49. The number of hydrogen-bond acceptors (Lipinski definition) is 4. The lowest BCUT2D eigenvalue weighted by Gasteiger charge is -2.17. The molecule has 0 spiro atoms. The molecule has 0 atom stereocenters. The zero-order valence-electron chi connectivity index (χ0n) is 13.2. The third kappa shape index (κ3) is 5.51. The lowest BCUT2D eigenvalue weighted by atomic mass is 10.0. The number of rotatable bonds is 4. The van der Waals surface area contributed by atoms with Crippen LogP contribution in [0, 0.1) is 10.2 Å². The Hall–Kier alpha value is -1.24. The van der Waals surface area contributed by atoms with Gasteiger partial charge >= 0.3 is 0 Å². The van der Waals surface area contributed by atoms with Gasteiger partial charge in [0.15, 0.2) is 5.69 Å². The molecule has 1 aromatic heterocycles. The lowest BCUT2D eigenvalue weighted by molar-refractivity contribution is -2.00. The van der Waals surface area contributed by atoms with Crippen molar-refractivity contribution in [2.45, 2.75) is 46.6 Å². The molecule has 0 aliphatic rings. The molecule has 22 heavy (non-hydrogen) atoms. The second kappa shape index (κ2) is 8.41. The summed E-state index contributed by atoms with van der Waals surface area (Å²) in [4.78, 5) is 0. The molecule has 0 fully saturated rings. The number of hydrogen-bond donors (Lipinski definition) is 0. The van der Waals surface area contributed by atoms with E-state index in [1.54, 1.807) is 0 Å². The predicted molar refractivity (Wildman–Crippen MR) is 73.2 cm³/mol. The van der Waals surface area contributed by atoms with Crippen molar-refractivity contribution in [3.05, 3.63) is 41.6 Å². The SMILES string of the molecule is CCCc1c(CC)cc2ccccc2[n+]1CC.[O-][Cl+3]([O-])([O-])[O-]. The Balaban J connectivity index is 0.000000422. The summed E-state index contributed by atoms with van der Waals surface area (Å²) >= 11 is 0. The van der Waals surface area contributed by atoms with Crippen LogP contribution in [0.4, 0.5) is 0 Å². The monoisotopic (exact) mass is 327 g/mol. The predicted octanol–water partition coefficient (Wildman–Crippen LogP) is -1.09. The Morgan fingerprint density at radius 3 is 2.09 bits per heavy atom. The van der Waals surface area contributed by atoms with Crippen molar-refractivity contribution in [2.24, 2.45) is 0 Å². The molecule has 0 unspecified atom stereocenters. The Kier molecular flexibility index (Phi) is 7.19. The highest BCUT2D eigenvalue weighted by molar-refractivity contribution is 5.76. The third-order valence-electron chi connectivity index (χ3n) is 3.44. The van der Waals surface area contributed by atoms with Crippen LogP contribution in [0.1, 0.15) is 38.4 Å². The lowest BCUT2D eigenvalue weighted by Crippen LogP contribution is -2.68. The van der Waals surface area contributed by atoms with Crippen LogP contribution < -0.4 is 23.2 Å². The maximum atomic E-state index is 8.49. The number of halogens is 1. The second-order valence-electron chi connectivity index (χ2n) is 4.90. The maximum Gasteiger partial charge on any atom is 0.212 e. The van der Waals surface area contributed by atoms with E-state index in [1.807, 2.05) is 0 Å². The smallest absolute Gasteiger partial charge is 0.212 e. The average Bonchev–Trinajstić information content (AvgIpc) is 2.45. The largest absolute Gasteiger partial charge is 0.222 e. The molecule has 6 heteroatoms. The molecule has 0 bridgehead atoms. The Labute approximate surface area is 133 Å². The van der Waals surface area contributed by atoms with Gasteiger partial charge < -0.3 is 0 Å². The van der Waals surface area contributed by atoms with Crippen LogP contribution in [0.15, 0.2) is 30.3 Å². The van der Waals surface area contributed by atoms with Gasteiger partial charge in [-0.1, -0.05) is 26.0 Å². The van der Waals surface area contributed by atoms with Gasteiger partial charge in [-0.2, -0.15) is 4.57 Å². The van der Waals surface area contributed by atoms with E-state index in [0.717, 1.165) is 13.0 Å². The van der Waals surface area contributed by atoms with Crippen LogP contribution in [-0.4, -0.2) is 0 Å². The molecule has 1 heterocycles. The van der Waals surface area contributed by atoms with Crippen molar-refractivity contribution in [1.29, 1.82) is 0 Å². The highest BCUT2D eigenvalue weighted by Gasteiger charge is 2.17. The zero-order valence-corrected chi connectivity index (χ0v) is 13.9. The molecule has 0 radical (unpaired) electrons. The number of benzene rings is 1. The quantitative estimate of drug-likeness (QED) is 0.666. The first-order valence-electron chi connectivity index (χ1n) is 7.36. The van der Waals surface area contributed by atoms with Crippen LogP contribution in [0.5, 0.6) is 0 Å². The van der Waals surface area contributed by atoms with Crippen LogP contribution in [0.25, 0.3) is 10.9 Å². The van der Waals surface area contributed by atoms with Crippen molar-refractivity contribution in [1.82, 2.24) is 0 Å². The van der Waals surface area contributed by atoms with Crippen molar-refractivity contribution < 1.29 is 33.4 Å². The fraction of sp³-hybridized carbons (Fsp3) is 0.438. The summed E-state index contributed by atoms with van der Waals surface area (Å²) in [5, 5.41) is 1.37. The number of aromatic nitrogens is 1. The van der Waals surface area contributed by atoms with Gasteiger partial charge in [-0.15, -0.1) is 10.2 Å². The average molecular weight is 328 g/mol. The first-order chi connectivity index (χ1) is 10.3. The molecule has 0 aliphatic carbocycles. The molecule has 2 aromatic rings. The standard InChI is InChI=1S/C16H22N.ClHO4/c1-4-9-15-13(5-2)12-14-10-7-8-11-16(14)17(15)6-3;2-1(3,4)5/h7-8,10-12H,4-6,9H2,1-3H3;(H,2,3,4,5)/q+1;/p-1. The molecular formula is C16H22ClNO4. The molecule has 0 amide bonds. The minimum absolute atomic E-state index is 1.06. The van der Waals surface area contributed by atoms with E-state index in [0.29, 0.717) is 0 Å². The Morgan fingerprint density at radius 2 is 1.59 bits per heavy atom. The van der Waals surface area contributed by atoms with Gasteiger partial charge in [-0.05, 0) is 31.9 Å². The second-order valence-corrected chi connectivity index (χ2v) is 5.66. The summed E-state index contributed by atoms with van der Waals surface area (Å²) in [6, 6.07) is 11.1. The van der Waals surface area contributed by atoms with Crippen LogP contribution >= 0.6 is 0 Å². The minimum Gasteiger partial charge on any atom is -0.222 e. The molecule has 0 N–H and O–H groups in total. The van der Waals surface area contributed by atoms with Gasteiger partial charge in [-0.25, -0.2) is 18.6 Å². The van der Waals surface area contributed by atoms with Gasteiger partial charge in [-0.3, -0.25) is 0 Å². The van der Waals surface area contributed by atoms with Gasteiger partial charge in [0.1, 0.15) is 6.54 Å². The van der Waals surface area contributed by atoms with Crippen LogP contribution in [-0.2, 0) is 19.4 Å². The highest BCUT2D eigenvalue weighted by Crippen LogP contribution is 2.17. The van der Waals surface area contributed by atoms with Crippen molar-refractivity contribution in [2.75, 3.05) is 0 Å². The first kappa shape index (κ1) is 18.8. The molecular weight excluding hydrogens is 306 g/mol. The number of fused-ring (bicyclic) bond motifs is 1. The van der Waals surface area contributed by atoms with Gasteiger partial charge in [0.2, 0.25) is 5.52 Å². The van der Waals surface area contributed by atoms with E-state index in [9.17, 15) is 0 Å². The van der Waals surface area contributed by atoms with Crippen LogP contribution in [0.3, 0.4) is 0 Å². The number of nitrogens with zero attached hydrogens (tertiary/aromatic N) is 1. The van der Waals surface area contributed by atoms with E-state index in [2.05, 4.69) is 55.7 Å². The summed E-state index contributed by atoms with van der Waals surface area (Å²) in [5.74, 6) is 0. The summed E-state index contributed by atoms with van der Waals surface area (Å²) in [6.07, 6.45) is 3.52. The van der Waals surface area contributed by atoms with Crippen molar-refractivity contribution in [3.8, 4) is 0 Å². The highest BCUT2D eigenvalue weighted by atomic mass is 35.7. The summed E-state index contributed by atoms with van der Waals surface area (Å²) in [7, 11) is -4.94. The summed E-state index contributed by atoms with van der Waals surface area (Å²) in [5.41, 5.74) is 4.40. The van der Waals surface area contributed by atoms with E-state index >= 15 is 0 Å². The first-order valence-corrected chi connectivity index (χ1v) is 8.60. The van der Waals surface area contributed by atoms with E-state index in [1.165, 1.54) is 35.0 Å². The summed E-state index contributed by atoms with van der Waals surface area (Å²) < 4.78 is 36.5. The number of para-hydroxylation sites is 1. The van der Waals surface area contributed by atoms with Gasteiger partial charge in [0, 0.05) is 23.4 Å². The molecule has 0 saturated carbocycles. The molecule has 122 valence electrons. The van der Waals surface area contributed by atoms with Gasteiger partial charge in [0.05, 0.1) is 0 Å². The van der Waals surface area contributed by atoms with Crippen molar-refractivity contribution in [3.63, 3.8) is 0 Å². The van der Waals surface area contributed by atoms with E-state index in [-0.39, 0.29) is 0 Å². The summed E-state index contributed by atoms with van der Waals surface area (Å²) in [6.45, 7) is 7.81. The number of aryl methyl sites for hydroxylation is 2. The Bertz CT molecular complexity index is 605. The molecule has 0 aliphatic heterocycles. The van der Waals surface area contributed by atoms with Gasteiger partial charge in [0.25, 0.3) is 0 Å². The Morgan fingerprint density at radius 1 is 1.00 bits per heavy atom.